The highest BCUT2D eigenvalue weighted by molar-refractivity contribution is 7.18. The molecule has 2 N–H and O–H groups in total. The summed E-state index contributed by atoms with van der Waals surface area (Å²) in [6, 6.07) is 11.1. The van der Waals surface area contributed by atoms with Crippen LogP contribution in [0.2, 0.25) is 0 Å². The van der Waals surface area contributed by atoms with Gasteiger partial charge in [-0.15, -0.1) is 11.3 Å². The first-order valence-electron chi connectivity index (χ1n) is 13.1. The molecular formula is C28H32F3N5O2S. The molecule has 11 heteroatoms. The Labute approximate surface area is 229 Å². The van der Waals surface area contributed by atoms with Crippen LogP contribution in [-0.2, 0) is 19.0 Å². The Morgan fingerprint density at radius 2 is 1.82 bits per heavy atom. The number of aromatic amines is 1. The van der Waals surface area contributed by atoms with Crippen LogP contribution in [0.4, 0.5) is 13.2 Å². The Bertz CT molecular complexity index is 1360. The number of halogens is 3. The minimum atomic E-state index is -4.35. The Hall–Kier alpha value is -2.99. The molecule has 0 amide bonds. The Morgan fingerprint density at radius 3 is 2.54 bits per heavy atom. The molecule has 0 spiro atoms. The number of nitrogens with zero attached hydrogens (tertiary/aromatic N) is 4. The van der Waals surface area contributed by atoms with E-state index in [1.54, 1.807) is 17.5 Å². The number of rotatable bonds is 10. The summed E-state index contributed by atoms with van der Waals surface area (Å²) in [4.78, 5) is 9.19. The molecule has 39 heavy (non-hydrogen) atoms. The molecule has 1 aliphatic rings. The summed E-state index contributed by atoms with van der Waals surface area (Å²) in [5.41, 5.74) is 2.65. The van der Waals surface area contributed by atoms with E-state index in [1.807, 2.05) is 18.2 Å². The van der Waals surface area contributed by atoms with Gasteiger partial charge in [0.15, 0.2) is 0 Å². The number of piperazine rings is 1. The molecule has 1 fully saturated rings. The van der Waals surface area contributed by atoms with Gasteiger partial charge in [0.2, 0.25) is 0 Å². The molecule has 0 aliphatic carbocycles. The van der Waals surface area contributed by atoms with Crippen LogP contribution < -0.4 is 4.74 Å². The number of ether oxygens (including phenoxy) is 1. The van der Waals surface area contributed by atoms with Crippen LogP contribution in [0.1, 0.15) is 23.2 Å². The third-order valence-electron chi connectivity index (χ3n) is 6.99. The number of aliphatic hydroxyl groups excluding tert-OH is 1. The Morgan fingerprint density at radius 1 is 1.08 bits per heavy atom. The number of β-amino-alcohol motifs (C(OH)–C–C–N with tert-alkyl or cyclic N) is 1. The molecule has 0 bridgehead atoms. The van der Waals surface area contributed by atoms with Gasteiger partial charge in [0, 0.05) is 63.5 Å². The first kappa shape index (κ1) is 27.6. The van der Waals surface area contributed by atoms with Crippen molar-refractivity contribution in [3.05, 3.63) is 64.9 Å². The van der Waals surface area contributed by atoms with E-state index in [1.165, 1.54) is 12.1 Å². The van der Waals surface area contributed by atoms with E-state index in [4.69, 9.17) is 4.74 Å². The van der Waals surface area contributed by atoms with Gasteiger partial charge in [-0.05, 0) is 36.2 Å². The lowest BCUT2D eigenvalue weighted by Gasteiger charge is -2.35. The molecule has 4 aromatic rings. The van der Waals surface area contributed by atoms with Crippen LogP contribution in [0.15, 0.2) is 48.7 Å². The minimum absolute atomic E-state index is 0.225. The Balaban J connectivity index is 1.05. The van der Waals surface area contributed by atoms with Crippen LogP contribution in [0.3, 0.4) is 0 Å². The van der Waals surface area contributed by atoms with E-state index in [9.17, 15) is 18.3 Å². The number of benzene rings is 2. The van der Waals surface area contributed by atoms with Crippen molar-refractivity contribution >= 4 is 21.6 Å². The zero-order chi connectivity index (χ0) is 27.4. The number of thiazole rings is 1. The lowest BCUT2D eigenvalue weighted by molar-refractivity contribution is -0.137. The quantitative estimate of drug-likeness (QED) is 0.289. The molecule has 1 atom stereocenters. The highest BCUT2D eigenvalue weighted by atomic mass is 32.1. The summed E-state index contributed by atoms with van der Waals surface area (Å²) in [5, 5.41) is 18.8. The minimum Gasteiger partial charge on any atom is -0.491 e. The van der Waals surface area contributed by atoms with Crippen molar-refractivity contribution in [2.45, 2.75) is 32.0 Å². The van der Waals surface area contributed by atoms with E-state index >= 15 is 0 Å². The average Bonchev–Trinajstić information content (AvgIpc) is 3.57. The van der Waals surface area contributed by atoms with Crippen LogP contribution in [0.5, 0.6) is 5.75 Å². The van der Waals surface area contributed by atoms with Gasteiger partial charge < -0.3 is 14.7 Å². The first-order chi connectivity index (χ1) is 18.8. The number of hydrogen-bond donors (Lipinski definition) is 2. The molecule has 5 rings (SSSR count). The molecule has 2 aromatic heterocycles. The van der Waals surface area contributed by atoms with E-state index < -0.39 is 17.8 Å². The van der Waals surface area contributed by atoms with Crippen molar-refractivity contribution in [3.8, 4) is 16.9 Å². The number of aryl methyl sites for hydroxylation is 1. The van der Waals surface area contributed by atoms with Crippen molar-refractivity contribution in [2.75, 3.05) is 45.9 Å². The summed E-state index contributed by atoms with van der Waals surface area (Å²) in [6.07, 6.45) is -1.60. The fourth-order valence-corrected chi connectivity index (χ4v) is 5.68. The molecule has 3 heterocycles. The molecule has 0 radical (unpaired) electrons. The van der Waals surface area contributed by atoms with Crippen LogP contribution in [-0.4, -0.2) is 82.1 Å². The maximum Gasteiger partial charge on any atom is 0.416 e. The molecular weight excluding hydrogens is 527 g/mol. The smallest absolute Gasteiger partial charge is 0.416 e. The maximum absolute atomic E-state index is 12.9. The van der Waals surface area contributed by atoms with E-state index in [2.05, 4.69) is 31.9 Å². The van der Waals surface area contributed by atoms with Gasteiger partial charge in [-0.2, -0.15) is 18.3 Å². The van der Waals surface area contributed by atoms with E-state index in [0.29, 0.717) is 24.3 Å². The van der Waals surface area contributed by atoms with Crippen LogP contribution in [0, 0.1) is 0 Å². The standard InChI is InChI=1S/C28H32F3N5O2S/c1-2-27-33-25-15-22(7-8-26(25)39-27)38-18-21(37)17-36-13-11-35(12-14-36)10-9-24-23(16-32-34-24)19-3-5-20(6-4-19)28(29,30)31/h3-8,15-16,21,37H,2,9-14,17-18H2,1H3,(H,32,34)/t21-/m1/s1. The third-order valence-corrected chi connectivity index (χ3v) is 8.17. The van der Waals surface area contributed by atoms with Crippen molar-refractivity contribution in [1.82, 2.24) is 25.0 Å². The number of H-pyrrole nitrogens is 1. The summed E-state index contributed by atoms with van der Waals surface area (Å²) in [5.74, 6) is 0.716. The van der Waals surface area contributed by atoms with Gasteiger partial charge in [0.1, 0.15) is 18.5 Å². The summed E-state index contributed by atoms with van der Waals surface area (Å²) in [7, 11) is 0. The molecule has 1 saturated heterocycles. The van der Waals surface area contributed by atoms with Crippen LogP contribution in [0.25, 0.3) is 21.3 Å². The van der Waals surface area contributed by atoms with E-state index in [0.717, 1.165) is 77.8 Å². The van der Waals surface area contributed by atoms with Gasteiger partial charge in [0.25, 0.3) is 0 Å². The zero-order valence-corrected chi connectivity index (χ0v) is 22.6. The van der Waals surface area contributed by atoms with Gasteiger partial charge in [0.05, 0.1) is 26.5 Å². The second-order valence-electron chi connectivity index (χ2n) is 9.77. The second-order valence-corrected chi connectivity index (χ2v) is 10.9. The Kier molecular flexibility index (Phi) is 8.51. The fraction of sp³-hybridized carbons (Fsp3) is 0.429. The molecule has 0 unspecified atom stereocenters. The zero-order valence-electron chi connectivity index (χ0n) is 21.7. The van der Waals surface area contributed by atoms with Crippen molar-refractivity contribution in [1.29, 1.82) is 0 Å². The molecule has 2 aromatic carbocycles. The maximum atomic E-state index is 12.9. The summed E-state index contributed by atoms with van der Waals surface area (Å²) in [6.45, 7) is 7.08. The number of alkyl halides is 3. The highest BCUT2D eigenvalue weighted by Crippen LogP contribution is 2.31. The molecule has 208 valence electrons. The SMILES string of the molecule is CCc1nc2cc(OC[C@H](O)CN3CCN(CCc4n[nH]cc4-c4ccc(C(F)(F)F)cc4)CC3)ccc2s1. The van der Waals surface area contributed by atoms with Crippen molar-refractivity contribution in [2.24, 2.45) is 0 Å². The largest absolute Gasteiger partial charge is 0.491 e. The van der Waals surface area contributed by atoms with Gasteiger partial charge >= 0.3 is 6.18 Å². The average molecular weight is 560 g/mol. The first-order valence-corrected chi connectivity index (χ1v) is 14.0. The lowest BCUT2D eigenvalue weighted by atomic mass is 10.0. The normalized spacial score (nSPS) is 16.1. The topological polar surface area (TPSA) is 77.5 Å². The van der Waals surface area contributed by atoms with Gasteiger partial charge in [-0.3, -0.25) is 10.00 Å². The van der Waals surface area contributed by atoms with Crippen LogP contribution >= 0.6 is 11.3 Å². The fourth-order valence-electron chi connectivity index (χ4n) is 4.80. The molecule has 1 aliphatic heterocycles. The number of aromatic nitrogens is 3. The predicted octanol–water partition coefficient (Wildman–Crippen LogP) is 4.87. The highest BCUT2D eigenvalue weighted by Gasteiger charge is 2.30. The van der Waals surface area contributed by atoms with E-state index in [-0.39, 0.29) is 6.61 Å². The number of nitrogens with one attached hydrogen (secondary N) is 1. The molecule has 0 saturated carbocycles. The summed E-state index contributed by atoms with van der Waals surface area (Å²) < 4.78 is 45.6. The van der Waals surface area contributed by atoms with Crippen molar-refractivity contribution < 1.29 is 23.0 Å². The number of aliphatic hydroxyl groups is 1. The van der Waals surface area contributed by atoms with Crippen molar-refractivity contribution in [3.63, 3.8) is 0 Å². The molecule has 7 nitrogen and oxygen atoms in total. The monoisotopic (exact) mass is 559 g/mol. The third kappa shape index (κ3) is 6.96. The van der Waals surface area contributed by atoms with Gasteiger partial charge in [-0.1, -0.05) is 19.1 Å². The lowest BCUT2D eigenvalue weighted by Crippen LogP contribution is -2.49. The predicted molar refractivity (Wildman–Crippen MR) is 146 cm³/mol. The number of hydrogen-bond acceptors (Lipinski definition) is 7. The second kappa shape index (κ2) is 12.0. The summed E-state index contributed by atoms with van der Waals surface area (Å²) >= 11 is 1.69. The van der Waals surface area contributed by atoms with Gasteiger partial charge in [-0.25, -0.2) is 4.98 Å². The number of fused-ring (bicyclic) bond motifs is 1.